The molecule has 5 rings (SSSR count). The van der Waals surface area contributed by atoms with E-state index in [-0.39, 0.29) is 11.1 Å². The van der Waals surface area contributed by atoms with Gasteiger partial charge < -0.3 is 9.30 Å². The lowest BCUT2D eigenvalue weighted by atomic mass is 9.31. The van der Waals surface area contributed by atoms with Crippen LogP contribution in [-0.4, -0.2) is 16.7 Å². The Morgan fingerprint density at radius 2 is 0.740 bits per heavy atom. The average Bonchev–Trinajstić information content (AvgIpc) is 3.07. The molecule has 1 heterocycles. The average molecular weight is 728 g/mol. The SMILES string of the molecule is CC1=[N+](c2c(C(C)C)cccc2C(C)C)[B-](c2c(F)c(F)c(F)c(F)c2F)(c2c(F)c(F)c(F)c(F)c2F)N1c1c(F)c(F)c(F)c(F)c1F. The molecule has 0 aliphatic carbocycles. The summed E-state index contributed by atoms with van der Waals surface area (Å²) in [5, 5.41) is 0. The van der Waals surface area contributed by atoms with Crippen molar-refractivity contribution in [2.45, 2.75) is 46.5 Å². The van der Waals surface area contributed by atoms with E-state index in [1.807, 2.05) is 0 Å². The third-order valence-electron chi connectivity index (χ3n) is 8.75. The number of nitrogens with zero attached hydrogens (tertiary/aromatic N) is 2. The number of benzene rings is 4. The number of hydrogen-bond donors (Lipinski definition) is 0. The third-order valence-corrected chi connectivity index (χ3v) is 8.75. The van der Waals surface area contributed by atoms with Crippen LogP contribution in [0, 0.1) is 87.3 Å². The maximum Gasteiger partial charge on any atom is 0.450 e. The van der Waals surface area contributed by atoms with E-state index >= 15 is 43.9 Å². The summed E-state index contributed by atoms with van der Waals surface area (Å²) in [6.07, 6.45) is -5.47. The highest BCUT2D eigenvalue weighted by molar-refractivity contribution is 7.04. The van der Waals surface area contributed by atoms with E-state index in [9.17, 15) is 22.0 Å². The standard InChI is InChI=1S/C32H20BF15N2/c1-9(2)12-7-6-8-13(10(3)4)31(12)49-11(5)50(32-29(47)27(45)26(44)28(46)30(32)48)33(49,14-16(34)20(38)24(42)21(39)17(14)35)15-18(36)22(40)25(43)23(41)19(15)37/h6-10H,1-5H3. The summed E-state index contributed by atoms with van der Waals surface area (Å²) in [5.41, 5.74) is -7.56. The number of rotatable bonds is 6. The molecular weight excluding hydrogens is 708 g/mol. The molecule has 0 bridgehead atoms. The van der Waals surface area contributed by atoms with Gasteiger partial charge in [0.25, 0.3) is 0 Å². The predicted octanol–water partition coefficient (Wildman–Crippen LogP) is 8.86. The van der Waals surface area contributed by atoms with Gasteiger partial charge >= 0.3 is 6.42 Å². The van der Waals surface area contributed by atoms with Crippen molar-refractivity contribution in [3.05, 3.63) is 117 Å². The first kappa shape index (κ1) is 36.6. The van der Waals surface area contributed by atoms with Gasteiger partial charge in [0.1, 0.15) is 23.3 Å². The summed E-state index contributed by atoms with van der Waals surface area (Å²) in [7, 11) is 0. The second-order valence-electron chi connectivity index (χ2n) is 12.0. The molecule has 0 saturated carbocycles. The number of halogens is 15. The highest BCUT2D eigenvalue weighted by Gasteiger charge is 2.67. The molecule has 0 atom stereocenters. The molecule has 0 amide bonds. The minimum absolute atomic E-state index is 0.0200. The van der Waals surface area contributed by atoms with Crippen LogP contribution in [0.15, 0.2) is 18.2 Å². The third kappa shape index (κ3) is 4.65. The molecule has 266 valence electrons. The van der Waals surface area contributed by atoms with Crippen LogP contribution in [0.4, 0.5) is 77.2 Å². The van der Waals surface area contributed by atoms with E-state index < -0.39 is 138 Å². The highest BCUT2D eigenvalue weighted by atomic mass is 19.2. The predicted molar refractivity (Wildman–Crippen MR) is 151 cm³/mol. The summed E-state index contributed by atoms with van der Waals surface area (Å²) < 4.78 is 229. The molecular formula is C32H20BF15N2. The smallest absolute Gasteiger partial charge is 0.382 e. The summed E-state index contributed by atoms with van der Waals surface area (Å²) >= 11 is 0. The number of para-hydroxylation sites is 1. The van der Waals surface area contributed by atoms with Crippen molar-refractivity contribution in [3.63, 3.8) is 0 Å². The lowest BCUT2D eigenvalue weighted by Crippen LogP contribution is -2.88. The van der Waals surface area contributed by atoms with Gasteiger partial charge in [-0.15, -0.1) is 0 Å². The number of hydrogen-bond acceptors (Lipinski definition) is 1. The topological polar surface area (TPSA) is 6.25 Å². The zero-order valence-corrected chi connectivity index (χ0v) is 26.0. The second-order valence-corrected chi connectivity index (χ2v) is 12.0. The Balaban J connectivity index is 2.25. The van der Waals surface area contributed by atoms with E-state index in [2.05, 4.69) is 0 Å². The maximum atomic E-state index is 16.1. The van der Waals surface area contributed by atoms with Crippen LogP contribution < -0.4 is 15.7 Å². The Morgan fingerprint density at radius 1 is 0.460 bits per heavy atom. The fourth-order valence-electron chi connectivity index (χ4n) is 6.62. The van der Waals surface area contributed by atoms with Gasteiger partial charge in [0, 0.05) is 6.92 Å². The summed E-state index contributed by atoms with van der Waals surface area (Å²) in [6.45, 7) is 6.63. The Kier molecular flexibility index (Phi) is 9.01. The summed E-state index contributed by atoms with van der Waals surface area (Å²) in [5.74, 6) is -45.6. The molecule has 4 aromatic carbocycles. The molecule has 0 fully saturated rings. The van der Waals surface area contributed by atoms with Gasteiger partial charge in [-0.3, -0.25) is 0 Å². The maximum absolute atomic E-state index is 16.1. The molecule has 1 aliphatic heterocycles. The molecule has 0 unspecified atom stereocenters. The van der Waals surface area contributed by atoms with Crippen LogP contribution in [0.3, 0.4) is 0 Å². The van der Waals surface area contributed by atoms with Crippen LogP contribution in [0.1, 0.15) is 57.6 Å². The molecule has 50 heavy (non-hydrogen) atoms. The van der Waals surface area contributed by atoms with Crippen LogP contribution in [0.2, 0.25) is 0 Å². The van der Waals surface area contributed by atoms with Crippen LogP contribution >= 0.6 is 0 Å². The Bertz CT molecular complexity index is 1980. The fourth-order valence-corrected chi connectivity index (χ4v) is 6.62. The van der Waals surface area contributed by atoms with Crippen molar-refractivity contribution in [2.24, 2.45) is 0 Å². The largest absolute Gasteiger partial charge is 0.450 e. The van der Waals surface area contributed by atoms with E-state index in [0.29, 0.717) is 4.49 Å². The highest BCUT2D eigenvalue weighted by Crippen LogP contribution is 2.46. The van der Waals surface area contributed by atoms with Gasteiger partial charge in [-0.1, -0.05) is 45.9 Å². The van der Waals surface area contributed by atoms with Crippen LogP contribution in [0.25, 0.3) is 0 Å². The Hall–Kier alpha value is -4.64. The minimum atomic E-state index is -5.47. The lowest BCUT2D eigenvalue weighted by Gasteiger charge is -2.56. The first-order valence-electron chi connectivity index (χ1n) is 14.5. The van der Waals surface area contributed by atoms with Crippen molar-refractivity contribution in [3.8, 4) is 0 Å². The molecule has 0 N–H and O–H groups in total. The van der Waals surface area contributed by atoms with Gasteiger partial charge in [0.05, 0.1) is 5.69 Å². The lowest BCUT2D eigenvalue weighted by molar-refractivity contribution is -0.314. The molecule has 18 heteroatoms. The van der Waals surface area contributed by atoms with E-state index in [0.717, 1.165) is 6.92 Å². The minimum Gasteiger partial charge on any atom is -0.382 e. The van der Waals surface area contributed by atoms with Gasteiger partial charge in [-0.05, 0) is 33.9 Å². The van der Waals surface area contributed by atoms with Gasteiger partial charge in [0.15, 0.2) is 46.4 Å². The molecule has 4 aromatic rings. The zero-order valence-electron chi connectivity index (χ0n) is 26.0. The first-order chi connectivity index (χ1) is 23.2. The molecule has 0 aromatic heterocycles. The molecule has 1 aliphatic rings. The summed E-state index contributed by atoms with van der Waals surface area (Å²) in [6, 6.07) is 3.98. The van der Waals surface area contributed by atoms with E-state index in [1.165, 1.54) is 45.9 Å². The Morgan fingerprint density at radius 3 is 1.04 bits per heavy atom. The van der Waals surface area contributed by atoms with Crippen molar-refractivity contribution < 1.29 is 70.3 Å². The van der Waals surface area contributed by atoms with Crippen molar-refractivity contribution in [1.82, 2.24) is 0 Å². The van der Waals surface area contributed by atoms with Gasteiger partial charge in [-0.2, -0.15) is 8.78 Å². The number of anilines is 1. The Labute approximate surface area is 273 Å². The van der Waals surface area contributed by atoms with Gasteiger partial charge in [-0.25, -0.2) is 57.1 Å². The molecule has 0 spiro atoms. The molecule has 0 saturated heterocycles. The second kappa shape index (κ2) is 12.3. The van der Waals surface area contributed by atoms with E-state index in [1.54, 1.807) is 0 Å². The quantitative estimate of drug-likeness (QED) is 0.0833. The van der Waals surface area contributed by atoms with E-state index in [4.69, 9.17) is 0 Å². The van der Waals surface area contributed by atoms with Crippen molar-refractivity contribution in [2.75, 3.05) is 4.81 Å². The van der Waals surface area contributed by atoms with Crippen molar-refractivity contribution >= 4 is 34.6 Å². The fraction of sp³-hybridized carbons (Fsp3) is 0.219. The van der Waals surface area contributed by atoms with Crippen molar-refractivity contribution in [1.29, 1.82) is 0 Å². The summed E-state index contributed by atoms with van der Waals surface area (Å²) in [4.78, 5) is -0.409. The monoisotopic (exact) mass is 728 g/mol. The molecule has 0 radical (unpaired) electrons. The number of amidine groups is 1. The van der Waals surface area contributed by atoms with Crippen LogP contribution in [-0.2, 0) is 0 Å². The first-order valence-corrected chi connectivity index (χ1v) is 14.5. The van der Waals surface area contributed by atoms with Crippen LogP contribution in [0.5, 0.6) is 0 Å². The van der Waals surface area contributed by atoms with Gasteiger partial charge in [0.2, 0.25) is 29.1 Å². The normalized spacial score (nSPS) is 14.4. The zero-order chi connectivity index (χ0) is 37.6. The molecule has 2 nitrogen and oxygen atoms in total.